The van der Waals surface area contributed by atoms with Crippen LogP contribution in [0.3, 0.4) is 0 Å². The Morgan fingerprint density at radius 2 is 1.63 bits per heavy atom. The molecule has 0 bridgehead atoms. The number of hydrogen-bond donors (Lipinski definition) is 0. The summed E-state index contributed by atoms with van der Waals surface area (Å²) in [6, 6.07) is 23.3. The number of hydrogen-bond acceptors (Lipinski definition) is 3. The largest absolute Gasteiger partial charge is 0.468 e. The van der Waals surface area contributed by atoms with Crippen LogP contribution in [0, 0.1) is 0 Å². The number of hydroxylamine groups is 2. The minimum atomic E-state index is -0.660. The molecule has 1 aliphatic heterocycles. The quantitative estimate of drug-likeness (QED) is 0.629. The van der Waals surface area contributed by atoms with E-state index in [1.165, 1.54) is 5.06 Å². The Labute approximate surface area is 157 Å². The maximum atomic E-state index is 13.0. The molecule has 0 aliphatic carbocycles. The summed E-state index contributed by atoms with van der Waals surface area (Å²) in [5.74, 6) is -0.141. The molecule has 0 N–H and O–H groups in total. The zero-order chi connectivity index (χ0) is 18.8. The third-order valence-electron chi connectivity index (χ3n) is 4.77. The van der Waals surface area contributed by atoms with Gasteiger partial charge in [0, 0.05) is 20.0 Å². The maximum Gasteiger partial charge on any atom is 0.468 e. The molecule has 27 heavy (non-hydrogen) atoms. The lowest BCUT2D eigenvalue weighted by Crippen LogP contribution is -2.42. The second kappa shape index (κ2) is 7.11. The van der Waals surface area contributed by atoms with Crippen molar-refractivity contribution in [3.63, 3.8) is 0 Å². The third kappa shape index (κ3) is 3.77. The van der Waals surface area contributed by atoms with Crippen LogP contribution in [0.4, 0.5) is 4.79 Å². The number of benzene rings is 3. The molecule has 0 saturated carbocycles. The van der Waals surface area contributed by atoms with Crippen LogP contribution in [-0.4, -0.2) is 35.1 Å². The van der Waals surface area contributed by atoms with Gasteiger partial charge in [-0.1, -0.05) is 72.8 Å². The van der Waals surface area contributed by atoms with Crippen LogP contribution in [-0.2, 0) is 22.6 Å². The molecule has 4 rings (SSSR count). The molecular weight excluding hydrogens is 340 g/mol. The fourth-order valence-electron chi connectivity index (χ4n) is 3.30. The summed E-state index contributed by atoms with van der Waals surface area (Å²) in [7, 11) is 1.75. The van der Waals surface area contributed by atoms with Gasteiger partial charge in [0.25, 0.3) is 0 Å². The lowest BCUT2D eigenvalue weighted by atomic mass is 10.0. The van der Waals surface area contributed by atoms with E-state index in [1.807, 2.05) is 66.7 Å². The zero-order valence-electron chi connectivity index (χ0n) is 15.0. The summed E-state index contributed by atoms with van der Waals surface area (Å²) in [5.41, 5.74) is 2.03. The van der Waals surface area contributed by atoms with Crippen LogP contribution >= 0.6 is 0 Å². The molecule has 136 valence electrons. The molecule has 5 heteroatoms. The number of nitrogens with zero attached hydrogens (tertiary/aromatic N) is 2. The first-order valence-corrected chi connectivity index (χ1v) is 8.89. The molecule has 1 saturated heterocycles. The van der Waals surface area contributed by atoms with Crippen molar-refractivity contribution in [1.29, 1.82) is 0 Å². The van der Waals surface area contributed by atoms with E-state index in [4.69, 9.17) is 4.84 Å². The fraction of sp³-hybridized carbons (Fsp3) is 0.182. The molecule has 2 amide bonds. The summed E-state index contributed by atoms with van der Waals surface area (Å²) in [6.07, 6.45) is -0.0450. The summed E-state index contributed by atoms with van der Waals surface area (Å²) < 4.78 is 0. The van der Waals surface area contributed by atoms with Crippen molar-refractivity contribution < 1.29 is 14.4 Å². The van der Waals surface area contributed by atoms with Crippen molar-refractivity contribution in [3.05, 3.63) is 83.9 Å². The Kier molecular flexibility index (Phi) is 4.50. The summed E-state index contributed by atoms with van der Waals surface area (Å²) in [6.45, 7) is 0.482. The topological polar surface area (TPSA) is 52.9 Å². The van der Waals surface area contributed by atoms with E-state index in [9.17, 15) is 9.59 Å². The molecule has 3 aromatic rings. The molecular formula is C22H20N2O3. The first kappa shape index (κ1) is 17.1. The molecule has 1 heterocycles. The van der Waals surface area contributed by atoms with Gasteiger partial charge in [0.15, 0.2) is 6.04 Å². The van der Waals surface area contributed by atoms with Crippen molar-refractivity contribution >= 4 is 22.8 Å². The Balaban J connectivity index is 1.53. The highest BCUT2D eigenvalue weighted by Gasteiger charge is 2.46. The Bertz CT molecular complexity index is 987. The molecule has 0 unspecified atom stereocenters. The van der Waals surface area contributed by atoms with Gasteiger partial charge in [0.2, 0.25) is 5.91 Å². The second-order valence-corrected chi connectivity index (χ2v) is 6.76. The molecule has 3 aromatic carbocycles. The number of carbonyl (C=O) groups is 2. The van der Waals surface area contributed by atoms with Gasteiger partial charge < -0.3 is 9.74 Å². The van der Waals surface area contributed by atoms with Crippen LogP contribution in [0.1, 0.15) is 11.1 Å². The van der Waals surface area contributed by atoms with Crippen molar-refractivity contribution in [2.75, 3.05) is 7.05 Å². The number of fused-ring (bicyclic) bond motifs is 1. The predicted molar refractivity (Wildman–Crippen MR) is 103 cm³/mol. The summed E-state index contributed by atoms with van der Waals surface area (Å²) in [5, 5.41) is 3.42. The molecule has 1 atom stereocenters. The number of amides is 2. The monoisotopic (exact) mass is 360 g/mol. The van der Waals surface area contributed by atoms with E-state index >= 15 is 0 Å². The SMILES string of the molecule is CN(Cc1ccccc1)C(=O)[C@H](Cc1ccc2ccccc2c1)N1OC1=O. The minimum absolute atomic E-state index is 0.141. The standard InChI is InChI=1S/C22H20N2O3/c1-23(15-16-7-3-2-4-8-16)21(25)20(24-22(26)27-24)14-17-11-12-18-9-5-6-10-19(18)13-17/h2-13,20H,14-15H2,1H3/t20-,24?/m0/s1. The van der Waals surface area contributed by atoms with Gasteiger partial charge in [-0.2, -0.15) is 0 Å². The first-order valence-electron chi connectivity index (χ1n) is 8.89. The van der Waals surface area contributed by atoms with E-state index < -0.39 is 12.1 Å². The van der Waals surface area contributed by atoms with E-state index in [2.05, 4.69) is 6.07 Å². The lowest BCUT2D eigenvalue weighted by molar-refractivity contribution is -0.136. The highest BCUT2D eigenvalue weighted by molar-refractivity contribution is 5.89. The van der Waals surface area contributed by atoms with E-state index in [1.54, 1.807) is 11.9 Å². The Morgan fingerprint density at radius 3 is 2.33 bits per heavy atom. The minimum Gasteiger partial charge on any atom is -0.340 e. The number of likely N-dealkylation sites (N-methyl/N-ethyl adjacent to an activating group) is 1. The normalized spacial score (nSPS) is 14.0. The van der Waals surface area contributed by atoms with Gasteiger partial charge in [0.1, 0.15) is 0 Å². The van der Waals surface area contributed by atoms with E-state index in [-0.39, 0.29) is 5.91 Å². The third-order valence-corrected chi connectivity index (χ3v) is 4.77. The molecule has 0 spiro atoms. The highest BCUT2D eigenvalue weighted by atomic mass is 16.9. The van der Waals surface area contributed by atoms with Crippen molar-refractivity contribution in [1.82, 2.24) is 9.96 Å². The van der Waals surface area contributed by atoms with Crippen LogP contribution in [0.25, 0.3) is 10.8 Å². The Morgan fingerprint density at radius 1 is 0.963 bits per heavy atom. The highest BCUT2D eigenvalue weighted by Crippen LogP contribution is 2.24. The second-order valence-electron chi connectivity index (χ2n) is 6.76. The predicted octanol–water partition coefficient (Wildman–Crippen LogP) is 3.78. The molecule has 1 fully saturated rings. The zero-order valence-corrected chi connectivity index (χ0v) is 15.0. The van der Waals surface area contributed by atoms with Gasteiger partial charge in [-0.05, 0) is 21.9 Å². The molecule has 5 nitrogen and oxygen atoms in total. The van der Waals surface area contributed by atoms with Crippen LogP contribution in [0.5, 0.6) is 0 Å². The lowest BCUT2D eigenvalue weighted by Gasteiger charge is -2.22. The fourth-order valence-corrected chi connectivity index (χ4v) is 3.30. The summed E-state index contributed by atoms with van der Waals surface area (Å²) in [4.78, 5) is 31.1. The van der Waals surface area contributed by atoms with Gasteiger partial charge >= 0.3 is 6.09 Å². The van der Waals surface area contributed by atoms with Gasteiger partial charge in [-0.15, -0.1) is 5.06 Å². The van der Waals surface area contributed by atoms with E-state index in [0.717, 1.165) is 21.9 Å². The first-order chi connectivity index (χ1) is 13.1. The van der Waals surface area contributed by atoms with Gasteiger partial charge in [0.05, 0.1) is 0 Å². The van der Waals surface area contributed by atoms with E-state index in [0.29, 0.717) is 13.0 Å². The van der Waals surface area contributed by atoms with Crippen LogP contribution in [0.2, 0.25) is 0 Å². The maximum absolute atomic E-state index is 13.0. The van der Waals surface area contributed by atoms with Crippen LogP contribution in [0.15, 0.2) is 72.8 Å². The summed E-state index contributed by atoms with van der Waals surface area (Å²) >= 11 is 0. The van der Waals surface area contributed by atoms with Gasteiger partial charge in [-0.3, -0.25) is 4.79 Å². The van der Waals surface area contributed by atoms with Gasteiger partial charge in [-0.25, -0.2) is 4.79 Å². The van der Waals surface area contributed by atoms with Crippen LogP contribution < -0.4 is 0 Å². The molecule has 1 aliphatic rings. The van der Waals surface area contributed by atoms with Crippen molar-refractivity contribution in [2.24, 2.45) is 0 Å². The smallest absolute Gasteiger partial charge is 0.340 e. The number of rotatable bonds is 6. The average Bonchev–Trinajstić information content (AvgIpc) is 3.42. The Hall–Kier alpha value is -3.34. The number of carbonyl (C=O) groups excluding carboxylic acids is 2. The van der Waals surface area contributed by atoms with Crippen molar-refractivity contribution in [2.45, 2.75) is 19.0 Å². The molecule has 0 radical (unpaired) electrons. The average molecular weight is 360 g/mol. The molecule has 0 aromatic heterocycles. The van der Waals surface area contributed by atoms with Crippen molar-refractivity contribution in [3.8, 4) is 0 Å².